The highest BCUT2D eigenvalue weighted by molar-refractivity contribution is 9.10. The molecule has 0 radical (unpaired) electrons. The van der Waals surface area contributed by atoms with E-state index in [0.29, 0.717) is 16.9 Å². The molecule has 0 fully saturated rings. The number of benzene rings is 2. The van der Waals surface area contributed by atoms with Gasteiger partial charge in [0.05, 0.1) is 11.6 Å². The van der Waals surface area contributed by atoms with Crippen LogP contribution in [0.5, 0.6) is 5.75 Å². The van der Waals surface area contributed by atoms with Gasteiger partial charge in [-0.2, -0.15) is 0 Å². The Morgan fingerprint density at radius 3 is 2.40 bits per heavy atom. The van der Waals surface area contributed by atoms with Gasteiger partial charge in [0.2, 0.25) is 0 Å². The zero-order valence-corrected chi connectivity index (χ0v) is 12.4. The minimum absolute atomic E-state index is 0.0807. The van der Waals surface area contributed by atoms with Crippen LogP contribution in [0, 0.1) is 18.6 Å². The fraction of sp³-hybridized carbons (Fsp3) is 0.133. The molecule has 0 aromatic heterocycles. The lowest BCUT2D eigenvalue weighted by atomic mass is 9.99. The van der Waals surface area contributed by atoms with Crippen LogP contribution in [0.1, 0.15) is 21.5 Å². The normalized spacial score (nSPS) is 10.4. The molecule has 2 rings (SSSR count). The Balaban J connectivity index is 2.49. The van der Waals surface area contributed by atoms with Crippen LogP contribution in [0.2, 0.25) is 0 Å². The predicted octanol–water partition coefficient (Wildman–Crippen LogP) is 4.28. The van der Waals surface area contributed by atoms with Crippen LogP contribution in [-0.2, 0) is 0 Å². The molecule has 0 aliphatic rings. The zero-order valence-electron chi connectivity index (χ0n) is 10.8. The maximum absolute atomic E-state index is 13.5. The fourth-order valence-electron chi connectivity index (χ4n) is 1.86. The Morgan fingerprint density at radius 1 is 1.15 bits per heavy atom. The molecule has 0 atom stereocenters. The van der Waals surface area contributed by atoms with Gasteiger partial charge in [0.1, 0.15) is 5.75 Å². The number of hydrogen-bond acceptors (Lipinski definition) is 2. The first-order chi connectivity index (χ1) is 9.45. The molecule has 0 amide bonds. The van der Waals surface area contributed by atoms with Gasteiger partial charge in [-0.1, -0.05) is 0 Å². The first-order valence-electron chi connectivity index (χ1n) is 5.78. The molecule has 0 spiro atoms. The highest BCUT2D eigenvalue weighted by Gasteiger charge is 2.19. The van der Waals surface area contributed by atoms with Gasteiger partial charge in [0.15, 0.2) is 17.4 Å². The second-order valence-corrected chi connectivity index (χ2v) is 5.03. The SMILES string of the molecule is COc1ccc(C(=O)c2ccc(F)c(F)c2Br)c(C)c1. The van der Waals surface area contributed by atoms with Crippen molar-refractivity contribution in [3.05, 3.63) is 63.1 Å². The van der Waals surface area contributed by atoms with Crippen LogP contribution in [0.4, 0.5) is 8.78 Å². The number of carbonyl (C=O) groups excluding carboxylic acids is 1. The largest absolute Gasteiger partial charge is 0.497 e. The number of carbonyl (C=O) groups is 1. The molecule has 0 aliphatic heterocycles. The van der Waals surface area contributed by atoms with Crippen LogP contribution < -0.4 is 4.74 Å². The topological polar surface area (TPSA) is 26.3 Å². The van der Waals surface area contributed by atoms with Gasteiger partial charge in [-0.25, -0.2) is 8.78 Å². The first-order valence-corrected chi connectivity index (χ1v) is 6.58. The van der Waals surface area contributed by atoms with Gasteiger partial charge in [0.25, 0.3) is 0 Å². The molecule has 0 aliphatic carbocycles. The maximum atomic E-state index is 13.5. The summed E-state index contributed by atoms with van der Waals surface area (Å²) in [5, 5.41) is 0. The van der Waals surface area contributed by atoms with E-state index in [9.17, 15) is 13.6 Å². The van der Waals surface area contributed by atoms with Crippen molar-refractivity contribution in [2.75, 3.05) is 7.11 Å². The fourth-order valence-corrected chi connectivity index (χ4v) is 2.37. The maximum Gasteiger partial charge on any atom is 0.194 e. The van der Waals surface area contributed by atoms with E-state index in [0.717, 1.165) is 6.07 Å². The van der Waals surface area contributed by atoms with Crippen LogP contribution in [0.15, 0.2) is 34.8 Å². The van der Waals surface area contributed by atoms with E-state index < -0.39 is 11.6 Å². The van der Waals surface area contributed by atoms with Crippen molar-refractivity contribution in [2.24, 2.45) is 0 Å². The Morgan fingerprint density at radius 2 is 1.80 bits per heavy atom. The van der Waals surface area contributed by atoms with Gasteiger partial charge in [-0.05, 0) is 58.7 Å². The first kappa shape index (κ1) is 14.7. The summed E-state index contributed by atoms with van der Waals surface area (Å²) in [5.41, 5.74) is 1.20. The molecule has 0 unspecified atom stereocenters. The summed E-state index contributed by atoms with van der Waals surface area (Å²) in [6.45, 7) is 1.75. The van der Waals surface area contributed by atoms with Crippen LogP contribution in [0.25, 0.3) is 0 Å². The lowest BCUT2D eigenvalue weighted by Gasteiger charge is -2.09. The third-order valence-corrected chi connectivity index (χ3v) is 3.73. The van der Waals surface area contributed by atoms with Crippen molar-refractivity contribution in [1.82, 2.24) is 0 Å². The highest BCUT2D eigenvalue weighted by atomic mass is 79.9. The van der Waals surface area contributed by atoms with Crippen molar-refractivity contribution in [1.29, 1.82) is 0 Å². The van der Waals surface area contributed by atoms with Gasteiger partial charge in [-0.3, -0.25) is 4.79 Å². The standard InChI is InChI=1S/C15H11BrF2O2/c1-8-7-9(20-2)3-4-10(8)15(19)11-5-6-12(17)14(18)13(11)16/h3-7H,1-2H3. The van der Waals surface area contributed by atoms with E-state index >= 15 is 0 Å². The molecule has 104 valence electrons. The summed E-state index contributed by atoms with van der Waals surface area (Å²) in [5.74, 6) is -1.82. The highest BCUT2D eigenvalue weighted by Crippen LogP contribution is 2.27. The molecule has 20 heavy (non-hydrogen) atoms. The average molecular weight is 341 g/mol. The van der Waals surface area contributed by atoms with E-state index in [2.05, 4.69) is 15.9 Å². The number of ether oxygens (including phenoxy) is 1. The number of ketones is 1. The van der Waals surface area contributed by atoms with Gasteiger partial charge in [-0.15, -0.1) is 0 Å². The Hall–Kier alpha value is -1.75. The molecule has 0 saturated heterocycles. The van der Waals surface area contributed by atoms with E-state index in [1.54, 1.807) is 25.1 Å². The summed E-state index contributed by atoms with van der Waals surface area (Å²) in [4.78, 5) is 12.4. The zero-order chi connectivity index (χ0) is 14.9. The molecular formula is C15H11BrF2O2. The number of aryl methyl sites for hydroxylation is 1. The summed E-state index contributed by atoms with van der Waals surface area (Å²) < 4.78 is 31.5. The van der Waals surface area contributed by atoms with Crippen LogP contribution in [-0.4, -0.2) is 12.9 Å². The van der Waals surface area contributed by atoms with Crippen molar-refractivity contribution < 1.29 is 18.3 Å². The lowest BCUT2D eigenvalue weighted by molar-refractivity contribution is 0.103. The van der Waals surface area contributed by atoms with Gasteiger partial charge < -0.3 is 4.74 Å². The van der Waals surface area contributed by atoms with E-state index in [1.807, 2.05) is 0 Å². The summed E-state index contributed by atoms with van der Waals surface area (Å²) in [6.07, 6.45) is 0. The van der Waals surface area contributed by atoms with Crippen molar-refractivity contribution in [2.45, 2.75) is 6.92 Å². The third-order valence-electron chi connectivity index (χ3n) is 2.96. The summed E-state index contributed by atoms with van der Waals surface area (Å²) in [6, 6.07) is 7.15. The third kappa shape index (κ3) is 2.58. The predicted molar refractivity (Wildman–Crippen MR) is 75.2 cm³/mol. The molecule has 2 nitrogen and oxygen atoms in total. The Bertz CT molecular complexity index is 684. The van der Waals surface area contributed by atoms with Crippen LogP contribution >= 0.6 is 15.9 Å². The van der Waals surface area contributed by atoms with E-state index in [-0.39, 0.29) is 15.8 Å². The smallest absolute Gasteiger partial charge is 0.194 e. The number of methoxy groups -OCH3 is 1. The summed E-state index contributed by atoms with van der Waals surface area (Å²) in [7, 11) is 1.53. The molecule has 2 aromatic rings. The number of hydrogen-bond donors (Lipinski definition) is 0. The molecule has 0 saturated carbocycles. The lowest BCUT2D eigenvalue weighted by Crippen LogP contribution is -2.06. The van der Waals surface area contributed by atoms with Crippen molar-refractivity contribution in [3.8, 4) is 5.75 Å². The molecule has 0 bridgehead atoms. The molecular weight excluding hydrogens is 330 g/mol. The van der Waals surface area contributed by atoms with Crippen molar-refractivity contribution in [3.63, 3.8) is 0 Å². The second-order valence-electron chi connectivity index (χ2n) is 4.23. The van der Waals surface area contributed by atoms with Gasteiger partial charge in [0, 0.05) is 11.1 Å². The molecule has 0 heterocycles. The quantitative estimate of drug-likeness (QED) is 0.615. The summed E-state index contributed by atoms with van der Waals surface area (Å²) >= 11 is 2.92. The molecule has 5 heteroatoms. The van der Waals surface area contributed by atoms with Crippen molar-refractivity contribution >= 4 is 21.7 Å². The van der Waals surface area contributed by atoms with Crippen LogP contribution in [0.3, 0.4) is 0 Å². The molecule has 0 N–H and O–H groups in total. The second kappa shape index (κ2) is 5.71. The van der Waals surface area contributed by atoms with Gasteiger partial charge >= 0.3 is 0 Å². The number of rotatable bonds is 3. The minimum Gasteiger partial charge on any atom is -0.497 e. The van der Waals surface area contributed by atoms with E-state index in [1.165, 1.54) is 13.2 Å². The monoisotopic (exact) mass is 340 g/mol. The average Bonchev–Trinajstić information content (AvgIpc) is 2.44. The minimum atomic E-state index is -1.07. The Labute approximate surface area is 123 Å². The molecule has 2 aromatic carbocycles. The number of halogens is 3. The Kier molecular flexibility index (Phi) is 4.18. The van der Waals surface area contributed by atoms with E-state index in [4.69, 9.17) is 4.74 Å².